The molecule has 21 heteroatoms. The molecule has 0 unspecified atom stereocenters. The van der Waals surface area contributed by atoms with E-state index in [1.165, 1.54) is 30.3 Å². The van der Waals surface area contributed by atoms with Gasteiger partial charge in [-0.25, -0.2) is 34.8 Å². The zero-order valence-electron chi connectivity index (χ0n) is 25.6. The van der Waals surface area contributed by atoms with Gasteiger partial charge in [0.2, 0.25) is 20.0 Å². The predicted molar refractivity (Wildman–Crippen MR) is 180 cm³/mol. The van der Waals surface area contributed by atoms with Crippen molar-refractivity contribution in [3.8, 4) is 5.75 Å². The molecular formula is C29H26ClN5O12S3. The van der Waals surface area contributed by atoms with Gasteiger partial charge in [0.15, 0.2) is 0 Å². The lowest BCUT2D eigenvalue weighted by Gasteiger charge is -2.26. The van der Waals surface area contributed by atoms with E-state index in [9.17, 15) is 50.2 Å². The van der Waals surface area contributed by atoms with Crippen molar-refractivity contribution in [1.82, 2.24) is 4.31 Å². The first-order valence-corrected chi connectivity index (χ1v) is 19.3. The Kier molecular flexibility index (Phi) is 10.1. The summed E-state index contributed by atoms with van der Waals surface area (Å²) in [6.07, 6.45) is 0.886. The number of nitrogens with zero attached hydrogens (tertiary/aromatic N) is 3. The van der Waals surface area contributed by atoms with Gasteiger partial charge in [-0.3, -0.25) is 9.44 Å². The lowest BCUT2D eigenvalue weighted by Crippen LogP contribution is -2.40. The minimum absolute atomic E-state index is 0.00369. The van der Waals surface area contributed by atoms with Crippen LogP contribution in [-0.4, -0.2) is 89.4 Å². The molecule has 0 spiro atoms. The Hall–Kier alpha value is -4.86. The zero-order valence-corrected chi connectivity index (χ0v) is 28.8. The van der Waals surface area contributed by atoms with Crippen molar-refractivity contribution >= 4 is 87.1 Å². The number of hydrogen-bond acceptors (Lipinski definition) is 12. The Labute approximate surface area is 289 Å². The summed E-state index contributed by atoms with van der Waals surface area (Å²) in [6, 6.07) is 11.3. The van der Waals surface area contributed by atoms with Crippen LogP contribution in [0.4, 0.5) is 22.7 Å². The van der Waals surface area contributed by atoms with E-state index < -0.39 is 68.7 Å². The minimum Gasteiger partial charge on any atom is -0.506 e. The summed E-state index contributed by atoms with van der Waals surface area (Å²) in [5, 5.41) is 37.6. The van der Waals surface area contributed by atoms with Crippen molar-refractivity contribution in [1.29, 1.82) is 0 Å². The second-order valence-corrected chi connectivity index (χ2v) is 16.4. The highest BCUT2D eigenvalue weighted by atomic mass is 35.5. The van der Waals surface area contributed by atoms with Gasteiger partial charge in [-0.05, 0) is 48.5 Å². The third-order valence-electron chi connectivity index (χ3n) is 7.17. The molecule has 17 nitrogen and oxygen atoms in total. The van der Waals surface area contributed by atoms with E-state index in [1.54, 1.807) is 0 Å². The maximum absolute atomic E-state index is 13.6. The minimum atomic E-state index is -4.56. The molecule has 1 fully saturated rings. The molecule has 1 aliphatic heterocycles. The van der Waals surface area contributed by atoms with E-state index in [4.69, 9.17) is 16.3 Å². The van der Waals surface area contributed by atoms with Gasteiger partial charge < -0.3 is 20.1 Å². The third-order valence-corrected chi connectivity index (χ3v) is 11.5. The number of phenolic OH excluding ortho intramolecular Hbond substituents is 1. The normalized spacial score (nSPS) is 14.5. The van der Waals surface area contributed by atoms with Crippen LogP contribution in [-0.2, 0) is 34.8 Å². The van der Waals surface area contributed by atoms with E-state index in [1.807, 2.05) is 0 Å². The standard InChI is InChI=1S/C29H26ClN5O12S3/c1-48(41,42)34-22-4-2-3-19-26(22)23(15-25(27(19)36)50(45,46)35-9-11-47-12-10-35)32-31-16-6-8-21(30)24(14-16)49(43,44)33-17-5-7-18(28(37)38)20(13-17)29(39)40/h2-8,13-15,33-34,36H,9-12H2,1H3,(H,37,38)(H,39,40)/b32-31+. The van der Waals surface area contributed by atoms with Gasteiger partial charge in [-0.15, -0.1) is 5.11 Å². The number of benzene rings is 4. The predicted octanol–water partition coefficient (Wildman–Crippen LogP) is 4.20. The number of carbonyl (C=O) groups is 2. The Balaban J connectivity index is 1.60. The maximum atomic E-state index is 13.6. The fraction of sp³-hybridized carbons (Fsp3) is 0.172. The molecular weight excluding hydrogens is 742 g/mol. The number of fused-ring (bicyclic) bond motifs is 1. The monoisotopic (exact) mass is 767 g/mol. The number of sulfonamides is 3. The third kappa shape index (κ3) is 7.64. The van der Waals surface area contributed by atoms with Gasteiger partial charge in [0.05, 0.1) is 52.7 Å². The molecule has 0 atom stereocenters. The Morgan fingerprint density at radius 2 is 1.52 bits per heavy atom. The SMILES string of the molecule is CS(=O)(=O)Nc1cccc2c(O)c(S(=O)(=O)N3CCOCC3)cc(/N=N/c3ccc(Cl)c(S(=O)(=O)Nc4ccc(C(=O)O)c(C(=O)O)c4)c3)c12. The Bertz CT molecular complexity index is 2420. The number of anilines is 2. The number of aromatic carboxylic acids is 2. The van der Waals surface area contributed by atoms with Crippen molar-refractivity contribution < 1.29 is 54.9 Å². The van der Waals surface area contributed by atoms with Crippen LogP contribution in [0.15, 0.2) is 80.7 Å². The first kappa shape index (κ1) is 36.4. The number of morpholine rings is 1. The first-order chi connectivity index (χ1) is 23.4. The number of azo groups is 1. The summed E-state index contributed by atoms with van der Waals surface area (Å²) >= 11 is 6.20. The van der Waals surface area contributed by atoms with E-state index in [0.29, 0.717) is 0 Å². The second kappa shape index (κ2) is 13.8. The zero-order chi connectivity index (χ0) is 36.6. The largest absolute Gasteiger partial charge is 0.506 e. The molecule has 1 aliphatic rings. The van der Waals surface area contributed by atoms with Crippen molar-refractivity contribution in [2.75, 3.05) is 42.0 Å². The molecule has 0 aliphatic carbocycles. The number of aromatic hydroxyl groups is 1. The number of rotatable bonds is 11. The number of ether oxygens (including phenoxy) is 1. The molecule has 264 valence electrons. The van der Waals surface area contributed by atoms with Crippen LogP contribution in [0.25, 0.3) is 10.8 Å². The number of carboxylic acids is 2. The fourth-order valence-electron chi connectivity index (χ4n) is 4.96. The van der Waals surface area contributed by atoms with Crippen LogP contribution in [0.2, 0.25) is 5.02 Å². The van der Waals surface area contributed by atoms with Crippen molar-refractivity contribution in [3.63, 3.8) is 0 Å². The van der Waals surface area contributed by atoms with Gasteiger partial charge >= 0.3 is 11.9 Å². The van der Waals surface area contributed by atoms with Gasteiger partial charge in [0, 0.05) is 29.5 Å². The van der Waals surface area contributed by atoms with Crippen LogP contribution in [0.1, 0.15) is 20.7 Å². The molecule has 0 bridgehead atoms. The molecule has 0 amide bonds. The number of halogens is 1. The van der Waals surface area contributed by atoms with Crippen molar-refractivity contribution in [2.24, 2.45) is 10.2 Å². The molecule has 0 aromatic heterocycles. The van der Waals surface area contributed by atoms with Crippen LogP contribution in [0, 0.1) is 0 Å². The topological polar surface area (TPSA) is 258 Å². The highest BCUT2D eigenvalue weighted by molar-refractivity contribution is 7.93. The molecule has 1 saturated heterocycles. The van der Waals surface area contributed by atoms with Crippen LogP contribution < -0.4 is 9.44 Å². The van der Waals surface area contributed by atoms with Gasteiger partial charge in [0.1, 0.15) is 15.5 Å². The molecule has 4 aromatic rings. The van der Waals surface area contributed by atoms with Gasteiger partial charge in [-0.2, -0.15) is 9.42 Å². The summed E-state index contributed by atoms with van der Waals surface area (Å²) in [7, 11) is -12.8. The molecule has 0 radical (unpaired) electrons. The second-order valence-electron chi connectivity index (χ2n) is 10.7. The fourth-order valence-corrected chi connectivity index (χ4v) is 8.62. The molecule has 0 saturated carbocycles. The summed E-state index contributed by atoms with van der Waals surface area (Å²) in [4.78, 5) is 21.9. The average Bonchev–Trinajstić information content (AvgIpc) is 3.04. The highest BCUT2D eigenvalue weighted by Crippen LogP contribution is 2.44. The van der Waals surface area contributed by atoms with E-state index in [0.717, 1.165) is 40.9 Å². The van der Waals surface area contributed by atoms with E-state index >= 15 is 0 Å². The molecule has 50 heavy (non-hydrogen) atoms. The number of carboxylic acid groups (broad SMARTS) is 2. The van der Waals surface area contributed by atoms with Crippen molar-refractivity contribution in [3.05, 3.63) is 76.8 Å². The number of phenols is 1. The summed E-state index contributed by atoms with van der Waals surface area (Å²) in [5.41, 5.74) is -1.94. The highest BCUT2D eigenvalue weighted by Gasteiger charge is 2.31. The lowest BCUT2D eigenvalue weighted by molar-refractivity contribution is 0.0651. The first-order valence-electron chi connectivity index (χ1n) is 14.1. The van der Waals surface area contributed by atoms with Gasteiger partial charge in [-0.1, -0.05) is 23.7 Å². The molecule has 4 aromatic carbocycles. The summed E-state index contributed by atoms with van der Waals surface area (Å²) in [6.45, 7) is 0.245. The summed E-state index contributed by atoms with van der Waals surface area (Å²) < 4.78 is 89.1. The number of hydrogen-bond donors (Lipinski definition) is 5. The maximum Gasteiger partial charge on any atom is 0.336 e. The van der Waals surface area contributed by atoms with E-state index in [2.05, 4.69) is 19.7 Å². The lowest BCUT2D eigenvalue weighted by atomic mass is 10.1. The quantitative estimate of drug-likeness (QED) is 0.135. The van der Waals surface area contributed by atoms with E-state index in [-0.39, 0.29) is 64.8 Å². The smallest absolute Gasteiger partial charge is 0.336 e. The summed E-state index contributed by atoms with van der Waals surface area (Å²) in [5.74, 6) is -3.82. The molecule has 5 rings (SSSR count). The molecule has 1 heterocycles. The van der Waals surface area contributed by atoms with Crippen LogP contribution in [0.5, 0.6) is 5.75 Å². The van der Waals surface area contributed by atoms with Crippen molar-refractivity contribution in [2.45, 2.75) is 9.79 Å². The van der Waals surface area contributed by atoms with Crippen LogP contribution in [0.3, 0.4) is 0 Å². The Morgan fingerprint density at radius 1 is 0.840 bits per heavy atom. The van der Waals surface area contributed by atoms with Gasteiger partial charge in [0.25, 0.3) is 10.0 Å². The number of nitrogens with one attached hydrogen (secondary N) is 2. The Morgan fingerprint density at radius 3 is 2.16 bits per heavy atom. The average molecular weight is 768 g/mol. The van der Waals surface area contributed by atoms with Crippen LogP contribution >= 0.6 is 11.6 Å². The molecule has 5 N–H and O–H groups in total.